The van der Waals surface area contributed by atoms with E-state index in [9.17, 15) is 34.2 Å². The number of primary amides is 1. The number of nitrogens with one attached hydrogen (secondary N) is 1. The molecule has 5 heterocycles. The number of phenols is 2. The molecule has 3 aromatic carbocycles. The topological polar surface area (TPSA) is 234 Å². The SMILES string of the molecule is CCc1c2c(nc3ccc(OC(C)=O)cc13)-c1cc3c(c(=O)n1C2)COC(=O)C3(CC)OC(=O)N(C)CCCCN1CCN(Cc2ccc(N(C(=N)c3cc(C(C)C)c(O)cc3O)C(N)=O)cc2)CC1. The van der Waals surface area contributed by atoms with Gasteiger partial charge in [-0.3, -0.25) is 19.9 Å². The van der Waals surface area contributed by atoms with Crippen molar-refractivity contribution in [2.75, 3.05) is 51.2 Å². The van der Waals surface area contributed by atoms with E-state index in [2.05, 4.69) is 9.80 Å². The molecule has 1 saturated heterocycles. The van der Waals surface area contributed by atoms with Crippen molar-refractivity contribution in [1.29, 1.82) is 5.41 Å². The lowest BCUT2D eigenvalue weighted by molar-refractivity contribution is -0.173. The average Bonchev–Trinajstić information content (AvgIpc) is 3.69. The second-order valence-electron chi connectivity index (χ2n) is 18.5. The van der Waals surface area contributed by atoms with Crippen molar-refractivity contribution < 1.29 is 43.6 Å². The quantitative estimate of drug-likeness (QED) is 0.0293. The van der Waals surface area contributed by atoms with Crippen molar-refractivity contribution in [2.45, 2.75) is 91.5 Å². The van der Waals surface area contributed by atoms with E-state index in [4.69, 9.17) is 30.3 Å². The van der Waals surface area contributed by atoms with Crippen molar-refractivity contribution in [3.8, 4) is 28.6 Å². The molecule has 3 aliphatic heterocycles. The number of nitrogens with zero attached hydrogens (tertiary/aromatic N) is 6. The second-order valence-corrected chi connectivity index (χ2v) is 18.5. The zero-order valence-electron chi connectivity index (χ0n) is 40.5. The van der Waals surface area contributed by atoms with Crippen LogP contribution in [0.5, 0.6) is 17.2 Å². The molecular formula is C52H60N8O10. The van der Waals surface area contributed by atoms with E-state index >= 15 is 0 Å². The molecule has 1 atom stereocenters. The summed E-state index contributed by atoms with van der Waals surface area (Å²) in [4.78, 5) is 78.1. The number of ether oxygens (including phenoxy) is 3. The molecule has 0 bridgehead atoms. The number of piperazine rings is 1. The van der Waals surface area contributed by atoms with Crippen LogP contribution in [0.25, 0.3) is 22.3 Å². The summed E-state index contributed by atoms with van der Waals surface area (Å²) in [6, 6.07) is 16.0. The van der Waals surface area contributed by atoms with E-state index < -0.39 is 29.7 Å². The maximum atomic E-state index is 14.2. The highest BCUT2D eigenvalue weighted by Crippen LogP contribution is 2.43. The first-order valence-corrected chi connectivity index (χ1v) is 23.7. The zero-order chi connectivity index (χ0) is 50.2. The van der Waals surface area contributed by atoms with Crippen LogP contribution in [0.15, 0.2) is 65.5 Å². The first-order valence-electron chi connectivity index (χ1n) is 23.7. The Morgan fingerprint density at radius 3 is 2.31 bits per heavy atom. The Morgan fingerprint density at radius 1 is 0.943 bits per heavy atom. The van der Waals surface area contributed by atoms with Gasteiger partial charge in [-0.15, -0.1) is 0 Å². The number of amidine groups is 1. The molecule has 0 radical (unpaired) electrons. The minimum atomic E-state index is -1.84. The third-order valence-corrected chi connectivity index (χ3v) is 13.7. The third-order valence-electron chi connectivity index (χ3n) is 13.7. The fourth-order valence-corrected chi connectivity index (χ4v) is 9.85. The number of cyclic esters (lactones) is 1. The van der Waals surface area contributed by atoms with Crippen LogP contribution in [0.4, 0.5) is 15.3 Å². The van der Waals surface area contributed by atoms with E-state index in [1.54, 1.807) is 54.9 Å². The van der Waals surface area contributed by atoms with Gasteiger partial charge in [0.05, 0.1) is 40.3 Å². The Kier molecular flexibility index (Phi) is 14.0. The summed E-state index contributed by atoms with van der Waals surface area (Å²) in [7, 11) is 1.63. The number of esters is 2. The maximum absolute atomic E-state index is 14.2. The van der Waals surface area contributed by atoms with Crippen LogP contribution in [-0.2, 0) is 50.8 Å². The van der Waals surface area contributed by atoms with Gasteiger partial charge in [0.1, 0.15) is 29.7 Å². The Morgan fingerprint density at radius 2 is 1.66 bits per heavy atom. The number of hydrogen-bond donors (Lipinski definition) is 4. The molecule has 0 saturated carbocycles. The van der Waals surface area contributed by atoms with Crippen molar-refractivity contribution in [1.82, 2.24) is 24.3 Å². The van der Waals surface area contributed by atoms with Crippen LogP contribution in [0.2, 0.25) is 0 Å². The van der Waals surface area contributed by atoms with Crippen molar-refractivity contribution in [3.63, 3.8) is 0 Å². The van der Waals surface area contributed by atoms with Gasteiger partial charge in [0.25, 0.3) is 5.56 Å². The van der Waals surface area contributed by atoms with Crippen LogP contribution < -0.4 is 20.9 Å². The highest BCUT2D eigenvalue weighted by Gasteiger charge is 2.51. The minimum Gasteiger partial charge on any atom is -0.508 e. The van der Waals surface area contributed by atoms with E-state index in [1.807, 2.05) is 32.9 Å². The number of phenolic OH excluding ortho intramolecular Hbond substituents is 2. The first-order chi connectivity index (χ1) is 33.4. The molecule has 5 N–H and O–H groups in total. The molecule has 18 heteroatoms. The number of unbranched alkanes of at least 4 members (excludes halogenated alkanes) is 1. The van der Waals surface area contributed by atoms with Crippen LogP contribution in [0.1, 0.15) is 98.7 Å². The molecule has 1 unspecified atom stereocenters. The number of pyridine rings is 2. The third kappa shape index (κ3) is 9.40. The highest BCUT2D eigenvalue weighted by molar-refractivity contribution is 6.22. The number of hydrogen-bond acceptors (Lipinski definition) is 14. The summed E-state index contributed by atoms with van der Waals surface area (Å²) in [5.41, 5.74) is 9.71. The monoisotopic (exact) mass is 956 g/mol. The van der Waals surface area contributed by atoms with Crippen molar-refractivity contribution in [3.05, 3.63) is 110 Å². The molecule has 3 aliphatic rings. The number of fused-ring (bicyclic) bond motifs is 5. The molecule has 18 nitrogen and oxygen atoms in total. The summed E-state index contributed by atoms with van der Waals surface area (Å²) in [5, 5.41) is 30.4. The Hall–Kier alpha value is -7.31. The molecule has 8 rings (SSSR count). The molecule has 2 aromatic heterocycles. The van der Waals surface area contributed by atoms with E-state index in [0.717, 1.165) is 66.1 Å². The fraction of sp³-hybridized carbons (Fsp3) is 0.404. The van der Waals surface area contributed by atoms with Gasteiger partial charge in [0.2, 0.25) is 5.60 Å². The number of rotatable bonds is 14. The molecular weight excluding hydrogens is 897 g/mol. The molecule has 3 amide bonds. The number of nitrogens with two attached hydrogens (primary N) is 1. The average molecular weight is 957 g/mol. The lowest BCUT2D eigenvalue weighted by Gasteiger charge is -2.36. The van der Waals surface area contributed by atoms with Gasteiger partial charge in [-0.1, -0.05) is 39.8 Å². The molecule has 368 valence electrons. The largest absolute Gasteiger partial charge is 0.508 e. The van der Waals surface area contributed by atoms with E-state index in [1.165, 1.54) is 24.0 Å². The molecule has 0 spiro atoms. The van der Waals surface area contributed by atoms with Crippen LogP contribution in [-0.4, -0.2) is 111 Å². The lowest BCUT2D eigenvalue weighted by Crippen LogP contribution is -2.49. The molecule has 1 fully saturated rings. The predicted octanol–water partition coefficient (Wildman–Crippen LogP) is 6.69. The van der Waals surface area contributed by atoms with Gasteiger partial charge in [-0.25, -0.2) is 24.3 Å². The summed E-state index contributed by atoms with van der Waals surface area (Å²) in [6.45, 7) is 14.1. The van der Waals surface area contributed by atoms with Gasteiger partial charge in [-0.2, -0.15) is 0 Å². The number of aromatic nitrogens is 2. The molecule has 0 aliphatic carbocycles. The zero-order valence-corrected chi connectivity index (χ0v) is 40.5. The van der Waals surface area contributed by atoms with Gasteiger partial charge >= 0.3 is 24.1 Å². The number of carbonyl (C=O) groups excluding carboxylic acids is 4. The van der Waals surface area contributed by atoms with Crippen molar-refractivity contribution in [2.24, 2.45) is 5.73 Å². The van der Waals surface area contributed by atoms with E-state index in [0.29, 0.717) is 65.4 Å². The number of amides is 3. The van der Waals surface area contributed by atoms with Gasteiger partial charge in [0.15, 0.2) is 0 Å². The normalized spacial score (nSPS) is 16.6. The van der Waals surface area contributed by atoms with Crippen molar-refractivity contribution >= 4 is 46.5 Å². The Balaban J connectivity index is 0.852. The standard InChI is InChI=1S/C52H60N8O10/c1-7-35-37-23-34(69-31(5)61)15-16-42(37)55-46-39(35)28-59-43(46)25-41-40(48(59)64)29-68-49(65)52(41,8-2)70-51(67)56(6)17-9-10-18-57-19-21-58(22-20-57)27-32-11-13-33(14-12-32)60(50(54)66)47(53)38-24-36(30(3)4)44(62)26-45(38)63/h11-16,23-26,30,53,62-63H,7-10,17-22,27-29H2,1-6H3,(H2,54,66). The highest BCUT2D eigenvalue weighted by atomic mass is 16.6. The summed E-state index contributed by atoms with van der Waals surface area (Å²) in [5.74, 6) is -1.59. The minimum absolute atomic E-state index is 0.0444. The molecule has 70 heavy (non-hydrogen) atoms. The van der Waals surface area contributed by atoms with Gasteiger partial charge < -0.3 is 44.5 Å². The predicted molar refractivity (Wildman–Crippen MR) is 262 cm³/mol. The van der Waals surface area contributed by atoms with E-state index in [-0.39, 0.29) is 59.5 Å². The lowest BCUT2D eigenvalue weighted by atomic mass is 9.85. The number of anilines is 1. The first kappa shape index (κ1) is 49.1. The Bertz CT molecular complexity index is 2960. The number of aryl methyl sites for hydroxylation is 1. The fourth-order valence-electron chi connectivity index (χ4n) is 9.85. The smallest absolute Gasteiger partial charge is 0.410 e. The number of aromatic hydroxyl groups is 2. The number of urea groups is 1. The second kappa shape index (κ2) is 20.0. The summed E-state index contributed by atoms with van der Waals surface area (Å²) in [6.07, 6.45) is 1.48. The van der Waals surface area contributed by atoms with Crippen LogP contribution in [0.3, 0.4) is 0 Å². The summed E-state index contributed by atoms with van der Waals surface area (Å²) < 4.78 is 18.7. The van der Waals surface area contributed by atoms with Crippen LogP contribution in [0, 0.1) is 5.41 Å². The van der Waals surface area contributed by atoms with Gasteiger partial charge in [-0.05, 0) is 97.3 Å². The van der Waals surface area contributed by atoms with Gasteiger partial charge in [0, 0.05) is 75.8 Å². The number of benzene rings is 3. The Labute approximate surface area is 405 Å². The van der Waals surface area contributed by atoms with Crippen LogP contribution >= 0.6 is 0 Å². The maximum Gasteiger partial charge on any atom is 0.410 e. The number of carbonyl (C=O) groups is 4. The molecule has 5 aromatic rings. The summed E-state index contributed by atoms with van der Waals surface area (Å²) >= 11 is 0.